The van der Waals surface area contributed by atoms with Gasteiger partial charge in [0.25, 0.3) is 0 Å². The highest BCUT2D eigenvalue weighted by molar-refractivity contribution is 7.49. The lowest BCUT2D eigenvalue weighted by Crippen LogP contribution is -2.25. The largest absolute Gasteiger partial charge is 0.477 e. The minimum atomic E-state index is -4.58. The van der Waals surface area contributed by atoms with Gasteiger partial charge in [0.1, 0.15) is 29.3 Å². The fourth-order valence-electron chi connectivity index (χ4n) is 14.4. The van der Waals surface area contributed by atoms with Crippen molar-refractivity contribution in [3.63, 3.8) is 0 Å². The third kappa shape index (κ3) is 32.8. The van der Waals surface area contributed by atoms with Crippen LogP contribution < -0.4 is 6.15 Å². The quantitative estimate of drug-likeness (QED) is 0.0179. The van der Waals surface area contributed by atoms with Crippen LogP contribution in [0.5, 0.6) is 0 Å². The maximum atomic E-state index is 13.8. The normalized spacial score (nSPS) is 12.3. The Bertz CT molecular complexity index is 7240. The Labute approximate surface area is 839 Å². The highest BCUT2D eigenvalue weighted by atomic mass is 35.5. The number of aryl methyl sites for hydroxylation is 4. The molecule has 0 saturated carbocycles. The first-order chi connectivity index (χ1) is 66.9. The standard InChI is InChI=1S/2C28H33FN3O4P.C20H17FN3O4P.C19H14FN3.C9H20ClO4P.N2.H3N/c1-19-15-21(10-12-24(19)29)26-23(9-8-14-30-26)20-11-13-25-22(16-20)17-32(31-25)18-34-37(33,35-27(2,3)4)36-28(5,6)7;1-19-15-21(10-12-24(19)29)26-23(9-8-14-30-26)20-11-13-25-22(16-20)17-31-32(25)18-34-37(33,35-27(2,3)4)36-28(5,6)7;1-13-9-15(4-6-18(13)21)20-17(3-2-8-22-20)14-5-7-19-16(10-14)11-24(23-19)12-28-29(25,26)27;1-12-9-14(4-6-17(12)20)19-16(3-2-8-21-19)13-5-7-18-15(10-13)11-22-23-18;1-8(2,3)13-15(11,12-7-10)14-9(4,5)6;1-2;/h2*8-17H,18H2,1-7H3;2-11H,12H2,1H3,(H2,25,26,27);2-11H,1H3,(H,22,23);7H2,1-6H3;;1H3. The number of pyridine rings is 4. The SMILES string of the molecule is CC(C)(C)OP(=O)(OCCl)OC(C)(C)C.Cc1cc(-c2ncccc2-c2ccc3[nH]ncc3c2)ccc1F.Cc1cc(-c2ncccc2-c2ccc3c(cnn3COP(=O)(OC(C)(C)C)OC(C)(C)C)c2)ccc1F.Cc1cc(-c2ncccc2-c2ccc3nn(COP(=O)(O)O)cc3c2)ccc1F.Cc1cc(-c2ncccc2-c2ccc3nn(COP(=O)(OC(C)(C)C)OC(C)(C)C)cc3c2)ccc1F.N.N#N. The number of alkyl halides is 1. The molecule has 0 atom stereocenters. The first-order valence-corrected chi connectivity index (χ1v) is 51.5. The van der Waals surface area contributed by atoms with Gasteiger partial charge in [-0.2, -0.15) is 20.4 Å². The molecule has 8 aromatic heterocycles. The van der Waals surface area contributed by atoms with Gasteiger partial charge in [0.05, 0.1) is 90.8 Å². The number of nitrogens with zero attached hydrogens (tertiary/aromatic N) is 13. The van der Waals surface area contributed by atoms with Crippen LogP contribution in [0.1, 0.15) is 147 Å². The van der Waals surface area contributed by atoms with E-state index in [2.05, 4.69) is 56.0 Å². The van der Waals surface area contributed by atoms with E-state index in [9.17, 15) is 35.8 Å². The van der Waals surface area contributed by atoms with Crippen LogP contribution in [0.3, 0.4) is 0 Å². The van der Waals surface area contributed by atoms with Crippen LogP contribution in [-0.2, 0) is 83.7 Å². The van der Waals surface area contributed by atoms with Crippen LogP contribution in [0.2, 0.25) is 0 Å². The lowest BCUT2D eigenvalue weighted by atomic mass is 9.97. The van der Waals surface area contributed by atoms with Crippen LogP contribution in [-0.4, -0.2) is 109 Å². The summed E-state index contributed by atoms with van der Waals surface area (Å²) in [5.41, 5.74) is 15.4. The van der Waals surface area contributed by atoms with Crippen molar-refractivity contribution in [2.24, 2.45) is 0 Å². The number of halogens is 5. The lowest BCUT2D eigenvalue weighted by Gasteiger charge is -2.30. The molecule has 762 valence electrons. The summed E-state index contributed by atoms with van der Waals surface area (Å²) in [6.07, 6.45) is 13.9. The topological polar surface area (TPSA) is 417 Å². The number of phosphoric ester groups is 4. The summed E-state index contributed by atoms with van der Waals surface area (Å²) in [5, 5.41) is 35.8. The summed E-state index contributed by atoms with van der Waals surface area (Å²) < 4.78 is 163. The number of H-pyrrole nitrogens is 1. The molecule has 144 heavy (non-hydrogen) atoms. The minimum absolute atomic E-state index is 0. The minimum Gasteiger partial charge on any atom is -0.344 e. The van der Waals surface area contributed by atoms with Gasteiger partial charge in [-0.25, -0.2) is 49.9 Å². The van der Waals surface area contributed by atoms with E-state index in [1.807, 2.05) is 128 Å². The predicted octanol–water partition coefficient (Wildman–Crippen LogP) is 29.0. The number of fused-ring (bicyclic) bond motifs is 4. The second kappa shape index (κ2) is 47.5. The van der Waals surface area contributed by atoms with Crippen LogP contribution in [0.4, 0.5) is 17.6 Å². The van der Waals surface area contributed by atoms with Crippen molar-refractivity contribution in [3.05, 3.63) is 289 Å². The van der Waals surface area contributed by atoms with Crippen LogP contribution in [0.25, 0.3) is 133 Å². The van der Waals surface area contributed by atoms with Gasteiger partial charge < -0.3 is 15.9 Å². The lowest BCUT2D eigenvalue weighted by molar-refractivity contribution is -0.00894. The highest BCUT2D eigenvalue weighted by Crippen LogP contribution is 2.58. The molecule has 8 aromatic carbocycles. The van der Waals surface area contributed by atoms with Gasteiger partial charge in [0.2, 0.25) is 0 Å². The van der Waals surface area contributed by atoms with Crippen molar-refractivity contribution in [1.29, 1.82) is 10.8 Å². The average molecular weight is 2070 g/mol. The highest BCUT2D eigenvalue weighted by Gasteiger charge is 2.41. The summed E-state index contributed by atoms with van der Waals surface area (Å²) in [4.78, 5) is 35.8. The second-order valence-corrected chi connectivity index (χ2v) is 45.0. The van der Waals surface area contributed by atoms with Gasteiger partial charge >= 0.3 is 31.3 Å². The number of hydrogen-bond donors (Lipinski definition) is 4. The first-order valence-electron chi connectivity index (χ1n) is 45.1. The van der Waals surface area contributed by atoms with Crippen LogP contribution >= 0.6 is 42.9 Å². The fourth-order valence-corrected chi connectivity index (χ4v) is 20.1. The van der Waals surface area contributed by atoms with Crippen LogP contribution in [0.15, 0.2) is 244 Å². The van der Waals surface area contributed by atoms with E-state index in [1.54, 1.807) is 248 Å². The van der Waals surface area contributed by atoms with Crippen LogP contribution in [0, 0.1) is 61.7 Å². The van der Waals surface area contributed by atoms with E-state index in [1.165, 1.54) is 28.9 Å². The molecular formula is C104H120ClF4N15O16P4. The van der Waals surface area contributed by atoms with Crippen molar-refractivity contribution in [3.8, 4) is 89.5 Å². The summed E-state index contributed by atoms with van der Waals surface area (Å²) in [7, 11) is -15.9. The van der Waals surface area contributed by atoms with Crippen molar-refractivity contribution < 1.29 is 90.8 Å². The smallest absolute Gasteiger partial charge is 0.344 e. The van der Waals surface area contributed by atoms with Gasteiger partial charge in [-0.3, -0.25) is 70.3 Å². The molecule has 0 saturated heterocycles. The van der Waals surface area contributed by atoms with Gasteiger partial charge in [-0.15, -0.1) is 0 Å². The summed E-state index contributed by atoms with van der Waals surface area (Å²) in [6.45, 7) is 38.5. The summed E-state index contributed by atoms with van der Waals surface area (Å²) >= 11 is 5.39. The number of hydrogen-bond acceptors (Lipinski definition) is 25. The van der Waals surface area contributed by atoms with Crippen molar-refractivity contribution in [2.45, 2.75) is 206 Å². The van der Waals surface area contributed by atoms with E-state index in [0.29, 0.717) is 27.8 Å². The Kier molecular flexibility index (Phi) is 37.6. The third-order valence-electron chi connectivity index (χ3n) is 20.0. The molecule has 0 bridgehead atoms. The Morgan fingerprint density at radius 3 is 0.972 bits per heavy atom. The molecule has 16 aromatic rings. The van der Waals surface area contributed by atoms with Crippen molar-refractivity contribution in [2.75, 3.05) is 6.07 Å². The Morgan fingerprint density at radius 1 is 0.361 bits per heavy atom. The molecule has 0 fully saturated rings. The van der Waals surface area contributed by atoms with Gasteiger partial charge in [-0.05, 0) is 342 Å². The molecular weight excluding hydrogens is 1950 g/mol. The van der Waals surface area contributed by atoms with E-state index in [-0.39, 0.29) is 55.7 Å². The molecule has 0 amide bonds. The average Bonchev–Trinajstić information content (AvgIpc) is 1.71. The van der Waals surface area contributed by atoms with E-state index < -0.39 is 64.9 Å². The predicted molar refractivity (Wildman–Crippen MR) is 552 cm³/mol. The molecule has 0 unspecified atom stereocenters. The summed E-state index contributed by atoms with van der Waals surface area (Å²) in [6, 6.07) is 58.7. The van der Waals surface area contributed by atoms with Gasteiger partial charge in [-0.1, -0.05) is 60.1 Å². The maximum Gasteiger partial charge on any atom is 0.477 e. The first kappa shape index (κ1) is 114. The number of phosphoric acid groups is 4. The molecule has 0 aliphatic heterocycles. The Hall–Kier alpha value is -11.9. The van der Waals surface area contributed by atoms with Crippen molar-refractivity contribution >= 4 is 86.5 Å². The van der Waals surface area contributed by atoms with E-state index in [4.69, 9.17) is 72.9 Å². The number of nitrogens with one attached hydrogen (secondary N) is 1. The number of rotatable bonds is 25. The molecule has 40 heteroatoms. The molecule has 0 aliphatic rings. The zero-order valence-electron chi connectivity index (χ0n) is 84.2. The number of aromatic nitrogens is 12. The second-order valence-electron chi connectivity index (χ2n) is 39.0. The number of benzene rings is 8. The summed E-state index contributed by atoms with van der Waals surface area (Å²) in [5.74, 6) is -0.964. The molecule has 6 N–H and O–H groups in total. The molecule has 0 aliphatic carbocycles. The van der Waals surface area contributed by atoms with Gasteiger partial charge in [0, 0.05) is 114 Å². The van der Waals surface area contributed by atoms with E-state index in [0.717, 1.165) is 128 Å². The molecule has 16 rings (SSSR count). The molecule has 0 spiro atoms. The molecule has 0 radical (unpaired) electrons. The Morgan fingerprint density at radius 2 is 0.653 bits per heavy atom. The third-order valence-corrected chi connectivity index (χ3v) is 26.6. The van der Waals surface area contributed by atoms with Crippen molar-refractivity contribution in [1.82, 2.24) is 65.6 Å². The molecule has 8 heterocycles. The number of aromatic amines is 1. The zero-order valence-corrected chi connectivity index (χ0v) is 88.6. The van der Waals surface area contributed by atoms with E-state index >= 15 is 0 Å². The maximum absolute atomic E-state index is 13.8. The Balaban J connectivity index is 0.000000189. The van der Waals surface area contributed by atoms with Gasteiger partial charge in [0.15, 0.2) is 20.2 Å². The zero-order chi connectivity index (χ0) is 105. The monoisotopic (exact) mass is 2070 g/mol. The molecule has 31 nitrogen and oxygen atoms in total. The fraction of sp³-hybridized carbons (Fsp3) is 0.308.